The number of aliphatic hydroxyl groups excluding tert-OH is 1. The molecule has 17 atom stereocenters. The number of rotatable bonds is 12. The maximum atomic E-state index is 12.7. The zero-order valence-corrected chi connectivity index (χ0v) is 50.0. The third-order valence-electron chi connectivity index (χ3n) is 23.7. The van der Waals surface area contributed by atoms with Gasteiger partial charge in [-0.15, -0.1) is 0 Å². The summed E-state index contributed by atoms with van der Waals surface area (Å²) < 4.78 is 6.63. The van der Waals surface area contributed by atoms with Crippen LogP contribution in [-0.4, -0.2) is 47.3 Å². The summed E-state index contributed by atoms with van der Waals surface area (Å²) >= 11 is 3.20. The van der Waals surface area contributed by atoms with Gasteiger partial charge in [0.15, 0.2) is 5.78 Å². The minimum Gasteiger partial charge on any atom is -0.390 e. The van der Waals surface area contributed by atoms with Crippen LogP contribution in [0.15, 0.2) is 101 Å². The molecule has 8 heteroatoms. The van der Waals surface area contributed by atoms with Gasteiger partial charge in [0.25, 0.3) is 0 Å². The number of pyridine rings is 3. The smallest absolute Gasteiger partial charge is 0.181 e. The van der Waals surface area contributed by atoms with Crippen molar-refractivity contribution in [1.82, 2.24) is 15.0 Å². The minimum atomic E-state index is -0.470. The molecule has 6 fully saturated rings. The molecule has 3 heterocycles. The summed E-state index contributed by atoms with van der Waals surface area (Å²) in [6, 6.07) is 17.1. The fourth-order valence-corrected chi connectivity index (χ4v) is 19.1. The second-order valence-corrected chi connectivity index (χ2v) is 27.9. The molecule has 0 amide bonds. The number of halogens is 1. The minimum absolute atomic E-state index is 0. The summed E-state index contributed by atoms with van der Waals surface area (Å²) in [5.41, 5.74) is 5.11. The van der Waals surface area contributed by atoms with Crippen LogP contribution in [0.3, 0.4) is 0 Å². The van der Waals surface area contributed by atoms with Crippen molar-refractivity contribution in [2.45, 2.75) is 229 Å². The lowest BCUT2D eigenvalue weighted by Crippen LogP contribution is -2.52. The Labute approximate surface area is 477 Å². The molecule has 0 spiro atoms. The van der Waals surface area contributed by atoms with Crippen LogP contribution in [0.2, 0.25) is 0 Å². The van der Waals surface area contributed by atoms with E-state index in [0.717, 1.165) is 122 Å². The summed E-state index contributed by atoms with van der Waals surface area (Å²) in [6.07, 6.45) is 34.5. The lowest BCUT2D eigenvalue weighted by Gasteiger charge is -2.59. The first-order valence-corrected chi connectivity index (χ1v) is 31.0. The van der Waals surface area contributed by atoms with Crippen molar-refractivity contribution < 1.29 is 21.5 Å². The molecule has 3 aromatic rings. The van der Waals surface area contributed by atoms with Gasteiger partial charge in [-0.05, 0) is 268 Å². The van der Waals surface area contributed by atoms with E-state index in [1.54, 1.807) is 29.7 Å². The Hall–Kier alpha value is -3.04. The zero-order chi connectivity index (χ0) is 55.4. The molecule has 0 saturated heterocycles. The van der Waals surface area contributed by atoms with Gasteiger partial charge in [0.1, 0.15) is 10.3 Å². The van der Waals surface area contributed by atoms with Gasteiger partial charge in [0.2, 0.25) is 0 Å². The zero-order valence-electron chi connectivity index (χ0n) is 49.5. The van der Waals surface area contributed by atoms with Crippen LogP contribution in [0.5, 0.6) is 0 Å². The Morgan fingerprint density at radius 3 is 1.53 bits per heavy atom. The third-order valence-corrected chi connectivity index (χ3v) is 24.1. The molecule has 0 aromatic carbocycles. The summed E-state index contributed by atoms with van der Waals surface area (Å²) in [7, 11) is 1.25. The van der Waals surface area contributed by atoms with Crippen molar-refractivity contribution in [3.05, 3.63) is 112 Å². The van der Waals surface area contributed by atoms with Gasteiger partial charge < -0.3 is 15.3 Å². The second-order valence-electron chi connectivity index (χ2n) is 27.1. The molecule has 11 rings (SSSR count). The van der Waals surface area contributed by atoms with Crippen molar-refractivity contribution >= 4 is 21.7 Å². The van der Waals surface area contributed by atoms with E-state index in [1.807, 2.05) is 54.6 Å². The second kappa shape index (κ2) is 25.0. The molecule has 426 valence electrons. The van der Waals surface area contributed by atoms with E-state index >= 15 is 0 Å². The van der Waals surface area contributed by atoms with Crippen LogP contribution < -0.4 is 0 Å². The first kappa shape index (κ1) is 60.1. The largest absolute Gasteiger partial charge is 0.390 e. The molecule has 6 saturated carbocycles. The molecule has 1 unspecified atom stereocenters. The molecule has 3 aromatic heterocycles. The number of aromatic nitrogens is 3. The highest BCUT2D eigenvalue weighted by atomic mass is 79.9. The van der Waals surface area contributed by atoms with Crippen LogP contribution in [0, 0.1) is 80.8 Å². The molecule has 0 radical (unpaired) electrons. The van der Waals surface area contributed by atoms with E-state index < -0.39 is 17.3 Å². The van der Waals surface area contributed by atoms with E-state index in [4.69, 9.17) is 1.37 Å². The van der Waals surface area contributed by atoms with E-state index in [9.17, 15) is 20.1 Å². The number of hydrogen-bond donors (Lipinski definition) is 3. The van der Waals surface area contributed by atoms with Crippen LogP contribution in [0.4, 0.5) is 0 Å². The molecule has 0 bridgehead atoms. The fraction of sp³-hybridized carbons (Fsp3) is 0.710. The SMILES string of the molecule is Brc1ccccn1.C.CC[C@]1(O)CC[C@@]2(C)C(=CC[C@H]3[C@@H]4CC[C@H]([C@H](C)CCC(=O)c5ccccn5)[C@@]4(C)CC[C@@H]32)C1.CC[C@]1(O)CC[C@@]2(C)C(=CC[C@H]3[C@@H]4CC[C@H]([C@H](C)CCC(O)c5ccccn5)[C@@]4(C)CC[C@@H]32)C1.[2H]C. The maximum Gasteiger partial charge on any atom is 0.181 e. The predicted octanol–water partition coefficient (Wildman–Crippen LogP) is 17.8. The van der Waals surface area contributed by atoms with Gasteiger partial charge in [-0.1, -0.05) is 112 Å². The van der Waals surface area contributed by atoms with Crippen LogP contribution in [0.1, 0.15) is 235 Å². The Balaban J connectivity index is 0.000000193. The number of ketones is 1. The number of allylic oxidation sites excluding steroid dienone is 2. The fourth-order valence-electron chi connectivity index (χ4n) is 18.9. The van der Waals surface area contributed by atoms with E-state index in [1.165, 1.54) is 78.0 Å². The lowest BCUT2D eigenvalue weighted by atomic mass is 9.46. The summed E-state index contributed by atoms with van der Waals surface area (Å²) in [5, 5.41) is 32.7. The maximum absolute atomic E-state index is 12.7. The van der Waals surface area contributed by atoms with Crippen molar-refractivity contribution in [3.63, 3.8) is 0 Å². The van der Waals surface area contributed by atoms with Crippen molar-refractivity contribution in [2.75, 3.05) is 0 Å². The van der Waals surface area contributed by atoms with Crippen molar-refractivity contribution in [2.24, 2.45) is 80.8 Å². The van der Waals surface area contributed by atoms with E-state index in [0.29, 0.717) is 45.6 Å². The quantitative estimate of drug-likeness (QED) is 0.0940. The van der Waals surface area contributed by atoms with Crippen LogP contribution in [0.25, 0.3) is 0 Å². The van der Waals surface area contributed by atoms with E-state index in [-0.39, 0.29) is 13.2 Å². The van der Waals surface area contributed by atoms with Gasteiger partial charge in [-0.25, -0.2) is 4.98 Å². The standard InChI is InChI=1S/C31H47NO2.C31H45NO2.C5H4BrN.2CH4/c2*1-5-31(34)18-17-29(3)22(20-31)10-11-23-25-13-12-24(30(25,4)16-15-26(23)29)21(2)9-14-28(33)27-8-6-7-19-32-27;6-5-3-1-2-4-7-5;;/h6-8,10,19,21,23-26,28,33-34H,5,9,11-18,20H2,1-4H3;6-8,10,19,21,23-26,34H,5,9,11-18,20H2,1-4H3;1-4H;2*1H4/t21-,23+,24-,25+,26+,28?,29+,30-,31+;21-,23+,24-,25+,26+,29+,30-,31+;;;/m11.../s1/i;;;1D;. The molecule has 8 aliphatic carbocycles. The van der Waals surface area contributed by atoms with Gasteiger partial charge in [0, 0.05) is 26.4 Å². The lowest BCUT2D eigenvalue weighted by molar-refractivity contribution is -0.0757. The summed E-state index contributed by atoms with van der Waals surface area (Å²) in [4.78, 5) is 25.2. The number of aliphatic hydroxyl groups is 3. The molecule has 77 heavy (non-hydrogen) atoms. The van der Waals surface area contributed by atoms with Crippen LogP contribution >= 0.6 is 15.9 Å². The number of nitrogens with zero attached hydrogens (tertiary/aromatic N) is 3. The van der Waals surface area contributed by atoms with Gasteiger partial charge in [-0.2, -0.15) is 0 Å². The summed E-state index contributed by atoms with van der Waals surface area (Å²) in [5.74, 6) is 7.76. The topological polar surface area (TPSA) is 116 Å². The first-order valence-electron chi connectivity index (χ1n) is 31.2. The van der Waals surface area contributed by atoms with Crippen molar-refractivity contribution in [1.29, 1.82) is 0 Å². The van der Waals surface area contributed by atoms with E-state index in [2.05, 4.69) is 98.4 Å². The number of carbonyl (C=O) groups is 1. The molecule has 0 aliphatic heterocycles. The Kier molecular flexibility index (Phi) is 19.5. The first-order chi connectivity index (χ1) is 36.8. The Morgan fingerprint density at radius 1 is 0.623 bits per heavy atom. The highest BCUT2D eigenvalue weighted by molar-refractivity contribution is 9.10. The van der Waals surface area contributed by atoms with Crippen LogP contribution in [-0.2, 0) is 0 Å². The predicted molar refractivity (Wildman–Crippen MR) is 321 cm³/mol. The van der Waals surface area contributed by atoms with Gasteiger partial charge in [0.05, 0.1) is 23.0 Å². The molecular formula is C69H104BrN3O4. The number of hydrogen-bond acceptors (Lipinski definition) is 7. The summed E-state index contributed by atoms with van der Waals surface area (Å²) in [6.45, 7) is 19.4. The molecule has 7 nitrogen and oxygen atoms in total. The normalized spacial score (nSPS) is 38.6. The Bertz CT molecular complexity index is 2460. The molecule has 8 aliphatic rings. The Morgan fingerprint density at radius 2 is 1.10 bits per heavy atom. The number of fused-ring (bicyclic) bond motifs is 10. The average molecular weight is 1120 g/mol. The van der Waals surface area contributed by atoms with Gasteiger partial charge in [-0.3, -0.25) is 14.8 Å². The van der Waals surface area contributed by atoms with Gasteiger partial charge >= 0.3 is 0 Å². The number of Topliss-reactive ketones (excluding diaryl/α,β-unsaturated/α-hetero) is 1. The molecular weight excluding hydrogens is 1010 g/mol. The monoisotopic (exact) mass is 1120 g/mol. The third kappa shape index (κ3) is 12.3. The highest BCUT2D eigenvalue weighted by Gasteiger charge is 2.62. The molecule has 3 N–H and O–H groups in total. The number of carbonyl (C=O) groups excluding carboxylic acids is 1. The highest BCUT2D eigenvalue weighted by Crippen LogP contribution is 2.70. The average Bonchev–Trinajstić information content (AvgIpc) is 4.04. The van der Waals surface area contributed by atoms with Crippen molar-refractivity contribution in [3.8, 4) is 0 Å².